The Morgan fingerprint density at radius 3 is 2.62 bits per heavy atom. The van der Waals surface area contributed by atoms with Crippen LogP contribution in [-0.2, 0) is 4.74 Å². The Balaban J connectivity index is 2.03. The lowest BCUT2D eigenvalue weighted by Crippen LogP contribution is -2.49. The van der Waals surface area contributed by atoms with Gasteiger partial charge in [-0.1, -0.05) is 19.3 Å². The summed E-state index contributed by atoms with van der Waals surface area (Å²) in [5, 5.41) is 4.11. The number of hydrogen-bond donors (Lipinski definition) is 1. The molecule has 0 radical (unpaired) electrons. The average molecular weight is 201 g/mol. The van der Waals surface area contributed by atoms with E-state index in [-0.39, 0.29) is 5.60 Å². The third-order valence-corrected chi connectivity index (χ3v) is 4.67. The Morgan fingerprint density at radius 2 is 2.08 bits per heavy atom. The molecule has 0 aromatic carbocycles. The zero-order valence-electron chi connectivity index (χ0n) is 8.34. The molecule has 0 spiro atoms. The fourth-order valence-electron chi connectivity index (χ4n) is 2.49. The van der Waals surface area contributed by atoms with E-state index in [0.717, 1.165) is 6.54 Å². The van der Waals surface area contributed by atoms with E-state index in [1.165, 1.54) is 37.9 Å². The number of thioether (sulfide) groups is 1. The highest BCUT2D eigenvalue weighted by Crippen LogP contribution is 2.39. The average Bonchev–Trinajstić information content (AvgIpc) is 2.72. The first kappa shape index (κ1) is 9.81. The molecule has 1 unspecified atom stereocenters. The number of methoxy groups -OCH3 is 1. The van der Waals surface area contributed by atoms with Crippen molar-refractivity contribution in [2.45, 2.75) is 43.1 Å². The molecule has 1 saturated carbocycles. The zero-order valence-corrected chi connectivity index (χ0v) is 9.16. The molecule has 13 heavy (non-hydrogen) atoms. The summed E-state index contributed by atoms with van der Waals surface area (Å²) in [6.07, 6.45) is 6.56. The molecular weight excluding hydrogens is 182 g/mol. The Kier molecular flexibility index (Phi) is 3.17. The van der Waals surface area contributed by atoms with Gasteiger partial charge in [-0.15, -0.1) is 11.8 Å². The highest BCUT2D eigenvalue weighted by atomic mass is 32.2. The van der Waals surface area contributed by atoms with E-state index in [0.29, 0.717) is 5.37 Å². The van der Waals surface area contributed by atoms with Crippen LogP contribution in [0.1, 0.15) is 32.1 Å². The van der Waals surface area contributed by atoms with Crippen LogP contribution in [-0.4, -0.2) is 30.4 Å². The van der Waals surface area contributed by atoms with Crippen LogP contribution in [0.3, 0.4) is 0 Å². The molecule has 1 atom stereocenters. The van der Waals surface area contributed by atoms with Crippen molar-refractivity contribution < 1.29 is 4.74 Å². The standard InChI is InChI=1S/C10H19NOS/c1-12-10(5-3-2-4-6-10)9-11-7-8-13-9/h9,11H,2-8H2,1H3. The highest BCUT2D eigenvalue weighted by molar-refractivity contribution is 8.00. The molecule has 76 valence electrons. The van der Waals surface area contributed by atoms with Crippen molar-refractivity contribution in [1.82, 2.24) is 5.32 Å². The minimum Gasteiger partial charge on any atom is -0.376 e. The van der Waals surface area contributed by atoms with Gasteiger partial charge in [0.2, 0.25) is 0 Å². The molecular formula is C10H19NOS. The van der Waals surface area contributed by atoms with Gasteiger partial charge in [-0.05, 0) is 12.8 Å². The second-order valence-corrected chi connectivity index (χ2v) is 5.25. The molecule has 2 fully saturated rings. The second kappa shape index (κ2) is 4.20. The summed E-state index contributed by atoms with van der Waals surface area (Å²) < 4.78 is 5.78. The van der Waals surface area contributed by atoms with E-state index in [4.69, 9.17) is 4.74 Å². The SMILES string of the molecule is COC1(C2NCCS2)CCCCC1. The predicted molar refractivity (Wildman–Crippen MR) is 57.1 cm³/mol. The van der Waals surface area contributed by atoms with Crippen molar-refractivity contribution in [2.75, 3.05) is 19.4 Å². The van der Waals surface area contributed by atoms with Gasteiger partial charge in [-0.3, -0.25) is 0 Å². The van der Waals surface area contributed by atoms with Gasteiger partial charge in [0, 0.05) is 19.4 Å². The Bertz CT molecular complexity index is 162. The number of rotatable bonds is 2. The van der Waals surface area contributed by atoms with Gasteiger partial charge >= 0.3 is 0 Å². The molecule has 0 aromatic rings. The van der Waals surface area contributed by atoms with Crippen molar-refractivity contribution in [3.8, 4) is 0 Å². The molecule has 0 amide bonds. The van der Waals surface area contributed by atoms with E-state index in [2.05, 4.69) is 5.32 Å². The number of hydrogen-bond acceptors (Lipinski definition) is 3. The monoisotopic (exact) mass is 201 g/mol. The van der Waals surface area contributed by atoms with Crippen LogP contribution in [0.25, 0.3) is 0 Å². The smallest absolute Gasteiger partial charge is 0.0924 e. The molecule has 1 N–H and O–H groups in total. The minimum atomic E-state index is 0.152. The normalized spacial score (nSPS) is 33.5. The molecule has 2 aliphatic rings. The van der Waals surface area contributed by atoms with Crippen molar-refractivity contribution in [1.29, 1.82) is 0 Å². The summed E-state index contributed by atoms with van der Waals surface area (Å²) in [5.74, 6) is 1.25. The van der Waals surface area contributed by atoms with E-state index in [1.54, 1.807) is 0 Å². The molecule has 1 saturated heterocycles. The predicted octanol–water partition coefficient (Wildman–Crippen LogP) is 2.00. The fraction of sp³-hybridized carbons (Fsp3) is 1.00. The van der Waals surface area contributed by atoms with Gasteiger partial charge in [-0.25, -0.2) is 0 Å². The van der Waals surface area contributed by atoms with Crippen molar-refractivity contribution >= 4 is 11.8 Å². The minimum absolute atomic E-state index is 0.152. The summed E-state index contributed by atoms with van der Waals surface area (Å²) in [6, 6.07) is 0. The van der Waals surface area contributed by atoms with Gasteiger partial charge in [-0.2, -0.15) is 0 Å². The molecule has 3 heteroatoms. The number of ether oxygens (including phenoxy) is 1. The Labute approximate surface area is 84.8 Å². The van der Waals surface area contributed by atoms with Crippen LogP contribution < -0.4 is 5.32 Å². The third-order valence-electron chi connectivity index (χ3n) is 3.30. The van der Waals surface area contributed by atoms with Crippen LogP contribution in [0.4, 0.5) is 0 Å². The summed E-state index contributed by atoms with van der Waals surface area (Å²) in [7, 11) is 1.88. The molecule has 2 nitrogen and oxygen atoms in total. The largest absolute Gasteiger partial charge is 0.376 e. The van der Waals surface area contributed by atoms with Crippen LogP contribution in [0.2, 0.25) is 0 Å². The van der Waals surface area contributed by atoms with Crippen molar-refractivity contribution in [2.24, 2.45) is 0 Å². The first-order chi connectivity index (χ1) is 6.37. The maximum Gasteiger partial charge on any atom is 0.0924 e. The maximum atomic E-state index is 5.78. The van der Waals surface area contributed by atoms with E-state index in [9.17, 15) is 0 Å². The van der Waals surface area contributed by atoms with Crippen molar-refractivity contribution in [3.05, 3.63) is 0 Å². The second-order valence-electron chi connectivity index (χ2n) is 4.03. The molecule has 0 bridgehead atoms. The summed E-state index contributed by atoms with van der Waals surface area (Å²) >= 11 is 2.04. The molecule has 0 aromatic heterocycles. The molecule has 1 aliphatic carbocycles. The number of nitrogens with one attached hydrogen (secondary N) is 1. The molecule has 1 heterocycles. The molecule has 1 aliphatic heterocycles. The molecule has 2 rings (SSSR count). The lowest BCUT2D eigenvalue weighted by atomic mass is 9.84. The Hall–Kier alpha value is 0.270. The first-order valence-electron chi connectivity index (χ1n) is 5.27. The lowest BCUT2D eigenvalue weighted by molar-refractivity contribution is -0.0446. The summed E-state index contributed by atoms with van der Waals surface area (Å²) in [4.78, 5) is 0. The topological polar surface area (TPSA) is 21.3 Å². The van der Waals surface area contributed by atoms with E-state index >= 15 is 0 Å². The van der Waals surface area contributed by atoms with Gasteiger partial charge in [0.15, 0.2) is 0 Å². The van der Waals surface area contributed by atoms with Crippen LogP contribution in [0.15, 0.2) is 0 Å². The third kappa shape index (κ3) is 1.88. The summed E-state index contributed by atoms with van der Waals surface area (Å²) in [5.41, 5.74) is 0.152. The Morgan fingerprint density at radius 1 is 1.31 bits per heavy atom. The quantitative estimate of drug-likeness (QED) is 0.738. The zero-order chi connectivity index (χ0) is 9.15. The highest BCUT2D eigenvalue weighted by Gasteiger charge is 2.41. The van der Waals surface area contributed by atoms with E-state index < -0.39 is 0 Å². The van der Waals surface area contributed by atoms with Gasteiger partial charge in [0.05, 0.1) is 11.0 Å². The first-order valence-corrected chi connectivity index (χ1v) is 6.32. The van der Waals surface area contributed by atoms with Crippen LogP contribution in [0, 0.1) is 0 Å². The van der Waals surface area contributed by atoms with Gasteiger partial charge in [0.1, 0.15) is 0 Å². The van der Waals surface area contributed by atoms with Gasteiger partial charge in [0.25, 0.3) is 0 Å². The maximum absolute atomic E-state index is 5.78. The lowest BCUT2D eigenvalue weighted by Gasteiger charge is -2.40. The fourth-order valence-corrected chi connectivity index (χ4v) is 3.83. The van der Waals surface area contributed by atoms with Crippen LogP contribution in [0.5, 0.6) is 0 Å². The van der Waals surface area contributed by atoms with Gasteiger partial charge < -0.3 is 10.1 Å². The summed E-state index contributed by atoms with van der Waals surface area (Å²) in [6.45, 7) is 1.15. The van der Waals surface area contributed by atoms with E-state index in [1.807, 2.05) is 18.9 Å². The van der Waals surface area contributed by atoms with Crippen LogP contribution >= 0.6 is 11.8 Å². The van der Waals surface area contributed by atoms with Crippen molar-refractivity contribution in [3.63, 3.8) is 0 Å².